The molecule has 0 radical (unpaired) electrons. The molecular formula is C17H13Br2NO3S. The number of ether oxygens (including phenoxy) is 1. The van der Waals surface area contributed by atoms with E-state index in [9.17, 15) is 13.7 Å². The molecule has 2 aromatic carbocycles. The van der Waals surface area contributed by atoms with Gasteiger partial charge in [0.2, 0.25) is 9.84 Å². The topological polar surface area (TPSA) is 67.2 Å². The van der Waals surface area contributed by atoms with Crippen LogP contribution >= 0.6 is 31.9 Å². The highest BCUT2D eigenvalue weighted by atomic mass is 79.9. The minimum atomic E-state index is -3.97. The van der Waals surface area contributed by atoms with E-state index in [1.54, 1.807) is 30.3 Å². The van der Waals surface area contributed by atoms with Crippen molar-refractivity contribution in [3.05, 3.63) is 61.4 Å². The Morgan fingerprint density at radius 2 is 1.92 bits per heavy atom. The lowest BCUT2D eigenvalue weighted by Crippen LogP contribution is -2.05. The van der Waals surface area contributed by atoms with Crippen molar-refractivity contribution in [1.82, 2.24) is 0 Å². The van der Waals surface area contributed by atoms with E-state index >= 15 is 0 Å². The Labute approximate surface area is 157 Å². The summed E-state index contributed by atoms with van der Waals surface area (Å²) in [4.78, 5) is -0.332. The van der Waals surface area contributed by atoms with E-state index in [0.29, 0.717) is 20.3 Å². The lowest BCUT2D eigenvalue weighted by Gasteiger charge is -2.09. The molecule has 0 heterocycles. The summed E-state index contributed by atoms with van der Waals surface area (Å²) in [6.07, 6.45) is 1.33. The monoisotopic (exact) mass is 469 g/mol. The van der Waals surface area contributed by atoms with E-state index in [1.165, 1.54) is 19.3 Å². The summed E-state index contributed by atoms with van der Waals surface area (Å²) in [6.45, 7) is 1.88. The van der Waals surface area contributed by atoms with Gasteiger partial charge in [-0.15, -0.1) is 0 Å². The molecule has 2 aromatic rings. The second kappa shape index (κ2) is 7.51. The highest BCUT2D eigenvalue weighted by Crippen LogP contribution is 2.32. The maximum Gasteiger partial charge on any atom is 0.217 e. The van der Waals surface area contributed by atoms with E-state index < -0.39 is 9.84 Å². The fraction of sp³-hybridized carbons (Fsp3) is 0.118. The Morgan fingerprint density at radius 1 is 1.21 bits per heavy atom. The Bertz CT molecular complexity index is 960. The van der Waals surface area contributed by atoms with Crippen molar-refractivity contribution in [2.24, 2.45) is 0 Å². The number of nitriles is 1. The number of allylic oxidation sites excluding steroid dienone is 1. The third kappa shape index (κ3) is 3.89. The van der Waals surface area contributed by atoms with Gasteiger partial charge in [-0.25, -0.2) is 8.42 Å². The molecule has 0 spiro atoms. The van der Waals surface area contributed by atoms with Gasteiger partial charge in [0.25, 0.3) is 0 Å². The van der Waals surface area contributed by atoms with E-state index in [-0.39, 0.29) is 9.80 Å². The highest BCUT2D eigenvalue weighted by Gasteiger charge is 2.24. The zero-order chi connectivity index (χ0) is 17.9. The number of halogens is 2. The number of hydrogen-bond donors (Lipinski definition) is 0. The van der Waals surface area contributed by atoms with Gasteiger partial charge >= 0.3 is 0 Å². The van der Waals surface area contributed by atoms with Crippen LogP contribution in [0.2, 0.25) is 0 Å². The summed E-state index contributed by atoms with van der Waals surface area (Å²) in [5.41, 5.74) is 1.46. The summed E-state index contributed by atoms with van der Waals surface area (Å²) >= 11 is 6.48. The fourth-order valence-corrected chi connectivity index (χ4v) is 4.72. The molecule has 4 nitrogen and oxygen atoms in total. The molecule has 0 atom stereocenters. The molecule has 0 amide bonds. The maximum absolute atomic E-state index is 12.8. The Morgan fingerprint density at radius 3 is 2.54 bits per heavy atom. The summed E-state index contributed by atoms with van der Waals surface area (Å²) in [6, 6.07) is 11.9. The number of benzene rings is 2. The molecule has 0 unspecified atom stereocenters. The third-order valence-corrected chi connectivity index (χ3v) is 6.41. The standard InChI is InChI=1S/C17H13Br2NO3S/c1-11-3-6-16(23-2)12(7-11)8-14(10-20)24(21,22)17-9-13(18)4-5-15(17)19/h3-9H,1-2H3/b14-8+. The van der Waals surface area contributed by atoms with Gasteiger partial charge in [-0.2, -0.15) is 5.26 Å². The molecule has 24 heavy (non-hydrogen) atoms. The molecular weight excluding hydrogens is 458 g/mol. The van der Waals surface area contributed by atoms with Gasteiger partial charge < -0.3 is 4.74 Å². The Hall–Kier alpha value is -1.62. The van der Waals surface area contributed by atoms with Crippen LogP contribution in [0, 0.1) is 18.3 Å². The summed E-state index contributed by atoms with van der Waals surface area (Å²) in [7, 11) is -2.48. The second-order valence-electron chi connectivity index (χ2n) is 4.94. The van der Waals surface area contributed by atoms with Crippen molar-refractivity contribution in [2.45, 2.75) is 11.8 Å². The SMILES string of the molecule is COc1ccc(C)cc1/C=C(\C#N)S(=O)(=O)c1cc(Br)ccc1Br. The smallest absolute Gasteiger partial charge is 0.217 e. The molecule has 0 aliphatic carbocycles. The van der Waals surface area contributed by atoms with E-state index in [1.807, 2.05) is 13.0 Å². The first kappa shape index (κ1) is 18.7. The highest BCUT2D eigenvalue weighted by molar-refractivity contribution is 9.11. The molecule has 0 N–H and O–H groups in total. The summed E-state index contributed by atoms with van der Waals surface area (Å²) in [5, 5.41) is 9.41. The first-order valence-corrected chi connectivity index (χ1v) is 9.83. The lowest BCUT2D eigenvalue weighted by molar-refractivity contribution is 0.413. The minimum absolute atomic E-state index is 0.0243. The number of rotatable bonds is 4. The van der Waals surface area contributed by atoms with Gasteiger partial charge in [0.15, 0.2) is 0 Å². The average Bonchev–Trinajstić information content (AvgIpc) is 2.54. The van der Waals surface area contributed by atoms with Gasteiger partial charge in [-0.1, -0.05) is 27.6 Å². The van der Waals surface area contributed by atoms with Crippen LogP contribution in [0.1, 0.15) is 11.1 Å². The predicted octanol–water partition coefficient (Wildman–Crippen LogP) is 4.87. The molecule has 0 aliphatic rings. The Balaban J connectivity index is 2.66. The average molecular weight is 471 g/mol. The van der Waals surface area contributed by atoms with Crippen LogP contribution in [0.3, 0.4) is 0 Å². The molecule has 0 saturated carbocycles. The number of hydrogen-bond acceptors (Lipinski definition) is 4. The molecule has 0 saturated heterocycles. The van der Waals surface area contributed by atoms with E-state index in [0.717, 1.165) is 5.56 Å². The quantitative estimate of drug-likeness (QED) is 0.598. The summed E-state index contributed by atoms with van der Waals surface area (Å²) < 4.78 is 31.9. The molecule has 2 rings (SSSR count). The first-order valence-electron chi connectivity index (χ1n) is 6.76. The molecule has 0 fully saturated rings. The number of methoxy groups -OCH3 is 1. The molecule has 0 bridgehead atoms. The first-order chi connectivity index (χ1) is 11.3. The van der Waals surface area contributed by atoms with Crippen molar-refractivity contribution in [3.8, 4) is 11.8 Å². The third-order valence-electron chi connectivity index (χ3n) is 3.25. The summed E-state index contributed by atoms with van der Waals surface area (Å²) in [5.74, 6) is 0.497. The molecule has 0 aromatic heterocycles. The molecule has 124 valence electrons. The van der Waals surface area contributed by atoms with E-state index in [2.05, 4.69) is 31.9 Å². The van der Waals surface area contributed by atoms with Gasteiger partial charge in [0.05, 0.1) is 12.0 Å². The van der Waals surface area contributed by atoms with Crippen molar-refractivity contribution < 1.29 is 13.2 Å². The van der Waals surface area contributed by atoms with Crippen molar-refractivity contribution in [2.75, 3.05) is 7.11 Å². The lowest BCUT2D eigenvalue weighted by atomic mass is 10.1. The normalized spacial score (nSPS) is 11.9. The van der Waals surface area contributed by atoms with E-state index in [4.69, 9.17) is 4.74 Å². The van der Waals surface area contributed by atoms with Crippen LogP contribution in [-0.4, -0.2) is 15.5 Å². The number of sulfone groups is 1. The zero-order valence-electron chi connectivity index (χ0n) is 12.9. The van der Waals surface area contributed by atoms with Crippen molar-refractivity contribution in [3.63, 3.8) is 0 Å². The second-order valence-corrected chi connectivity index (χ2v) is 8.60. The molecule has 0 aliphatic heterocycles. The van der Waals surface area contributed by atoms with Gasteiger partial charge in [0.1, 0.15) is 16.7 Å². The van der Waals surface area contributed by atoms with Crippen LogP contribution in [0.4, 0.5) is 0 Å². The Kier molecular flexibility index (Phi) is 5.86. The van der Waals surface area contributed by atoms with Crippen LogP contribution in [-0.2, 0) is 9.84 Å². The molecule has 7 heteroatoms. The van der Waals surface area contributed by atoms with Crippen LogP contribution in [0.25, 0.3) is 6.08 Å². The van der Waals surface area contributed by atoms with Gasteiger partial charge in [0, 0.05) is 14.5 Å². The zero-order valence-corrected chi connectivity index (χ0v) is 16.9. The fourth-order valence-electron chi connectivity index (χ4n) is 2.08. The minimum Gasteiger partial charge on any atom is -0.496 e. The van der Waals surface area contributed by atoms with Crippen molar-refractivity contribution >= 4 is 47.8 Å². The van der Waals surface area contributed by atoms with Crippen LogP contribution in [0.5, 0.6) is 5.75 Å². The predicted molar refractivity (Wildman–Crippen MR) is 100 cm³/mol. The van der Waals surface area contributed by atoms with Crippen LogP contribution < -0.4 is 4.74 Å². The maximum atomic E-state index is 12.8. The number of nitrogens with zero attached hydrogens (tertiary/aromatic N) is 1. The van der Waals surface area contributed by atoms with Crippen molar-refractivity contribution in [1.29, 1.82) is 5.26 Å². The van der Waals surface area contributed by atoms with Crippen LogP contribution in [0.15, 0.2) is 55.1 Å². The largest absolute Gasteiger partial charge is 0.496 e. The van der Waals surface area contributed by atoms with Gasteiger partial charge in [-0.3, -0.25) is 0 Å². The number of aryl methyl sites for hydroxylation is 1. The van der Waals surface area contributed by atoms with Gasteiger partial charge in [-0.05, 0) is 59.3 Å².